The molecule has 2 aromatic heterocycles. The Hall–Kier alpha value is -7.48. The maximum absolute atomic E-state index is 13.7. The summed E-state index contributed by atoms with van der Waals surface area (Å²) < 4.78 is 24.4. The van der Waals surface area contributed by atoms with Crippen LogP contribution >= 0.6 is 11.6 Å². The molecule has 1 unspecified atom stereocenters. The summed E-state index contributed by atoms with van der Waals surface area (Å²) in [4.78, 5) is 56.5. The average molecular weight is 897 g/mol. The zero-order valence-corrected chi connectivity index (χ0v) is 36.2. The number of carbonyl (C=O) groups is 2. The predicted molar refractivity (Wildman–Crippen MR) is 241 cm³/mol. The Bertz CT molecular complexity index is 2880. The van der Waals surface area contributed by atoms with Crippen LogP contribution in [-0.2, 0) is 24.6 Å². The molecular formula is C48H45ClN8O8. The number of piperidine rings is 1. The standard InChI is InChI=1S/C48H45ClN8O8/c1-29-33(8-5-9-35(29)32-11-14-41-44(22-32)63-19-18-62-41)28-65-43-23-42(64-27-31-7-4-6-30(20-31)24-50)34(21-37(43)49)26-57-17-3-2-10-40(57)47(60)52-16-15-51-46(59)39-13-12-38(55-56-39)36-25-53-48(61)54-45(36)58/h4-9,11-14,20-23,25,40H,2-3,10,15-19,26-28H2,1H3,(H,51,59)(H,52,60)(H2,53,54,58,61). The normalized spacial score (nSPS) is 14.5. The van der Waals surface area contributed by atoms with E-state index in [0.29, 0.717) is 54.8 Å². The third kappa shape index (κ3) is 10.7. The first-order valence-electron chi connectivity index (χ1n) is 21.1. The van der Waals surface area contributed by atoms with Crippen molar-refractivity contribution in [2.45, 2.75) is 52.0 Å². The highest BCUT2D eigenvalue weighted by Gasteiger charge is 2.30. The van der Waals surface area contributed by atoms with E-state index in [1.54, 1.807) is 18.2 Å². The molecule has 4 N–H and O–H groups in total. The van der Waals surface area contributed by atoms with Crippen molar-refractivity contribution in [1.29, 1.82) is 5.26 Å². The highest BCUT2D eigenvalue weighted by atomic mass is 35.5. The lowest BCUT2D eigenvalue weighted by Crippen LogP contribution is -2.50. The summed E-state index contributed by atoms with van der Waals surface area (Å²) in [7, 11) is 0. The van der Waals surface area contributed by atoms with Gasteiger partial charge in [0.05, 0.1) is 34.0 Å². The van der Waals surface area contributed by atoms with Crippen molar-refractivity contribution < 1.29 is 28.5 Å². The summed E-state index contributed by atoms with van der Waals surface area (Å²) in [6, 6.07) is 27.4. The lowest BCUT2D eigenvalue weighted by molar-refractivity contribution is -0.127. The molecule has 0 saturated carbocycles. The maximum atomic E-state index is 13.7. The minimum Gasteiger partial charge on any atom is -0.488 e. The molecule has 2 amide bonds. The van der Waals surface area contributed by atoms with Gasteiger partial charge in [0.1, 0.15) is 37.9 Å². The number of halogens is 1. The van der Waals surface area contributed by atoms with Gasteiger partial charge in [-0.2, -0.15) is 5.26 Å². The highest BCUT2D eigenvalue weighted by Crippen LogP contribution is 2.38. The highest BCUT2D eigenvalue weighted by molar-refractivity contribution is 6.32. The first-order valence-corrected chi connectivity index (χ1v) is 21.5. The van der Waals surface area contributed by atoms with Crippen LogP contribution in [0.4, 0.5) is 0 Å². The number of rotatable bonds is 15. The molecule has 2 aliphatic rings. The fourth-order valence-corrected chi connectivity index (χ4v) is 8.06. The molecule has 2 aliphatic heterocycles. The smallest absolute Gasteiger partial charge is 0.325 e. The summed E-state index contributed by atoms with van der Waals surface area (Å²) in [5.74, 6) is 1.72. The maximum Gasteiger partial charge on any atom is 0.325 e. The first kappa shape index (κ1) is 44.1. The predicted octanol–water partition coefficient (Wildman–Crippen LogP) is 5.85. The van der Waals surface area contributed by atoms with Crippen LogP contribution in [0.15, 0.2) is 101 Å². The molecule has 0 bridgehead atoms. The van der Waals surface area contributed by atoms with Crippen molar-refractivity contribution in [1.82, 2.24) is 35.7 Å². The summed E-state index contributed by atoms with van der Waals surface area (Å²) >= 11 is 6.97. The molecule has 17 heteroatoms. The van der Waals surface area contributed by atoms with E-state index in [0.717, 1.165) is 57.7 Å². The summed E-state index contributed by atoms with van der Waals surface area (Å²) in [6.45, 7) is 4.82. The fraction of sp³-hybridized carbons (Fsp3) is 0.271. The number of amides is 2. The Morgan fingerprint density at radius 2 is 1.69 bits per heavy atom. The monoisotopic (exact) mass is 896 g/mol. The molecule has 332 valence electrons. The zero-order valence-electron chi connectivity index (χ0n) is 35.4. The van der Waals surface area contributed by atoms with Crippen LogP contribution < -0.4 is 40.8 Å². The van der Waals surface area contributed by atoms with Gasteiger partial charge in [0, 0.05) is 37.5 Å². The molecule has 1 fully saturated rings. The minimum atomic E-state index is -0.651. The fourth-order valence-electron chi connectivity index (χ4n) is 7.82. The Kier molecular flexibility index (Phi) is 13.8. The molecule has 4 aromatic carbocycles. The lowest BCUT2D eigenvalue weighted by Gasteiger charge is -2.35. The van der Waals surface area contributed by atoms with Crippen LogP contribution in [0.1, 0.15) is 57.6 Å². The number of likely N-dealkylation sites (tertiary alicyclic amines) is 1. The Balaban J connectivity index is 0.932. The second kappa shape index (κ2) is 20.4. The van der Waals surface area contributed by atoms with Gasteiger partial charge in [-0.3, -0.25) is 24.3 Å². The van der Waals surface area contributed by atoms with Crippen molar-refractivity contribution in [2.75, 3.05) is 32.8 Å². The summed E-state index contributed by atoms with van der Waals surface area (Å²) in [6.07, 6.45) is 3.62. The zero-order chi connectivity index (χ0) is 45.3. The minimum absolute atomic E-state index is 0.0162. The van der Waals surface area contributed by atoms with Crippen LogP contribution in [0.3, 0.4) is 0 Å². The van der Waals surface area contributed by atoms with Crippen LogP contribution in [-0.4, -0.2) is 75.8 Å². The number of aromatic amines is 2. The Morgan fingerprint density at radius 3 is 2.51 bits per heavy atom. The van der Waals surface area contributed by atoms with Crippen molar-refractivity contribution in [3.63, 3.8) is 0 Å². The Labute approximate surface area is 378 Å². The number of hydrogen-bond donors (Lipinski definition) is 4. The van der Waals surface area contributed by atoms with Gasteiger partial charge in [0.15, 0.2) is 17.2 Å². The first-order chi connectivity index (χ1) is 31.6. The van der Waals surface area contributed by atoms with Crippen molar-refractivity contribution in [3.05, 3.63) is 150 Å². The van der Waals surface area contributed by atoms with E-state index in [4.69, 9.17) is 30.5 Å². The van der Waals surface area contributed by atoms with E-state index in [9.17, 15) is 24.4 Å². The van der Waals surface area contributed by atoms with E-state index in [1.807, 2.05) is 48.5 Å². The molecule has 65 heavy (non-hydrogen) atoms. The number of carbonyl (C=O) groups excluding carboxylic acids is 2. The van der Waals surface area contributed by atoms with E-state index < -0.39 is 23.2 Å². The van der Waals surface area contributed by atoms with Gasteiger partial charge in [0.2, 0.25) is 5.91 Å². The Morgan fingerprint density at radius 1 is 0.877 bits per heavy atom. The van der Waals surface area contributed by atoms with Crippen molar-refractivity contribution >= 4 is 23.4 Å². The van der Waals surface area contributed by atoms with Gasteiger partial charge in [-0.25, -0.2) is 4.79 Å². The van der Waals surface area contributed by atoms with Gasteiger partial charge in [-0.05, 0) is 96.6 Å². The van der Waals surface area contributed by atoms with E-state index in [2.05, 4.69) is 54.8 Å². The molecule has 0 radical (unpaired) electrons. The van der Waals surface area contributed by atoms with Crippen LogP contribution in [0.2, 0.25) is 5.02 Å². The SMILES string of the molecule is Cc1c(COc2cc(OCc3cccc(C#N)c3)c(CN3CCCCC3C(=O)NCCNC(=O)c3ccc(-c4c[nH]c(=O)[nH]c4=O)nn3)cc2Cl)cccc1-c1ccc2c(c1)OCCO2. The van der Waals surface area contributed by atoms with Gasteiger partial charge in [0.25, 0.3) is 11.5 Å². The molecule has 0 spiro atoms. The number of H-pyrrole nitrogens is 2. The second-order valence-corrected chi connectivity index (χ2v) is 16.0. The summed E-state index contributed by atoms with van der Waals surface area (Å²) in [5.41, 5.74) is 5.17. The van der Waals surface area contributed by atoms with Gasteiger partial charge in [-0.15, -0.1) is 10.2 Å². The average Bonchev–Trinajstić information content (AvgIpc) is 3.32. The topological polar surface area (TPSA) is 214 Å². The van der Waals surface area contributed by atoms with Crippen LogP contribution in [0.5, 0.6) is 23.0 Å². The third-order valence-corrected chi connectivity index (χ3v) is 11.5. The molecule has 6 aromatic rings. The molecule has 16 nitrogen and oxygen atoms in total. The largest absolute Gasteiger partial charge is 0.488 e. The number of nitriles is 1. The molecular weight excluding hydrogens is 852 g/mol. The van der Waals surface area contributed by atoms with E-state index in [1.165, 1.54) is 18.3 Å². The number of aromatic nitrogens is 4. The molecule has 1 atom stereocenters. The number of ether oxygens (including phenoxy) is 4. The quantitative estimate of drug-likeness (QED) is 0.0894. The molecule has 0 aliphatic carbocycles. The molecule has 4 heterocycles. The van der Waals surface area contributed by atoms with Gasteiger partial charge >= 0.3 is 5.69 Å². The third-order valence-electron chi connectivity index (χ3n) is 11.2. The number of benzene rings is 4. The number of fused-ring (bicyclic) bond motifs is 1. The van der Waals surface area contributed by atoms with Crippen LogP contribution in [0.25, 0.3) is 22.4 Å². The van der Waals surface area contributed by atoms with Gasteiger partial charge < -0.3 is 34.6 Å². The van der Waals surface area contributed by atoms with Crippen molar-refractivity contribution in [2.24, 2.45) is 0 Å². The second-order valence-electron chi connectivity index (χ2n) is 15.5. The van der Waals surface area contributed by atoms with Gasteiger partial charge in [-0.1, -0.05) is 54.4 Å². The number of hydrogen-bond acceptors (Lipinski definition) is 12. The van der Waals surface area contributed by atoms with E-state index >= 15 is 0 Å². The summed E-state index contributed by atoms with van der Waals surface area (Å²) in [5, 5.41) is 23.4. The lowest BCUT2D eigenvalue weighted by atomic mass is 9.96. The molecule has 1 saturated heterocycles. The number of nitrogens with one attached hydrogen (secondary N) is 4. The van der Waals surface area contributed by atoms with Crippen molar-refractivity contribution in [3.8, 4) is 51.5 Å². The number of nitrogens with zero attached hydrogens (tertiary/aromatic N) is 4. The van der Waals surface area contributed by atoms with Crippen LogP contribution in [0, 0.1) is 18.3 Å². The molecule has 8 rings (SSSR count). The van der Waals surface area contributed by atoms with E-state index in [-0.39, 0.29) is 49.2 Å².